The molecule has 0 aliphatic heterocycles. The first kappa shape index (κ1) is 11.8. The standard InChI is InChI=1S/C11H7BrFNO3/c1-5-2-3-6(13)10(12)9(5)8-4-7(11(15)16)14-17-8/h2-4H,1H3,(H,15,16). The van der Waals surface area contributed by atoms with Crippen LogP contribution in [0.25, 0.3) is 11.3 Å². The first-order valence-electron chi connectivity index (χ1n) is 4.65. The van der Waals surface area contributed by atoms with Crippen molar-refractivity contribution in [2.75, 3.05) is 0 Å². The summed E-state index contributed by atoms with van der Waals surface area (Å²) in [6.45, 7) is 1.77. The molecular formula is C11H7BrFNO3. The highest BCUT2D eigenvalue weighted by atomic mass is 79.9. The number of carbonyl (C=O) groups is 1. The maximum Gasteiger partial charge on any atom is 0.358 e. The summed E-state index contributed by atoms with van der Waals surface area (Å²) < 4.78 is 18.5. The van der Waals surface area contributed by atoms with Crippen molar-refractivity contribution in [2.45, 2.75) is 6.92 Å². The molecule has 0 amide bonds. The highest BCUT2D eigenvalue weighted by Gasteiger charge is 2.17. The Labute approximate surface area is 104 Å². The lowest BCUT2D eigenvalue weighted by atomic mass is 10.1. The third-order valence-corrected chi connectivity index (χ3v) is 3.05. The van der Waals surface area contributed by atoms with Crippen molar-refractivity contribution in [1.29, 1.82) is 0 Å². The normalized spacial score (nSPS) is 10.5. The van der Waals surface area contributed by atoms with Gasteiger partial charge in [-0.25, -0.2) is 9.18 Å². The maximum atomic E-state index is 13.4. The fraction of sp³-hybridized carbons (Fsp3) is 0.0909. The van der Waals surface area contributed by atoms with Gasteiger partial charge in [0.25, 0.3) is 0 Å². The molecule has 6 heteroatoms. The van der Waals surface area contributed by atoms with Crippen LogP contribution >= 0.6 is 15.9 Å². The average molecular weight is 300 g/mol. The third kappa shape index (κ3) is 2.08. The van der Waals surface area contributed by atoms with Crippen molar-refractivity contribution < 1.29 is 18.8 Å². The van der Waals surface area contributed by atoms with Crippen molar-refractivity contribution >= 4 is 21.9 Å². The van der Waals surface area contributed by atoms with Gasteiger partial charge in [-0.2, -0.15) is 0 Å². The molecule has 0 saturated heterocycles. The smallest absolute Gasteiger partial charge is 0.358 e. The summed E-state index contributed by atoms with van der Waals surface area (Å²) >= 11 is 3.10. The predicted molar refractivity (Wildman–Crippen MR) is 61.3 cm³/mol. The van der Waals surface area contributed by atoms with Crippen LogP contribution in [0, 0.1) is 12.7 Å². The Morgan fingerprint density at radius 3 is 2.82 bits per heavy atom. The van der Waals surface area contributed by atoms with Crippen molar-refractivity contribution in [2.24, 2.45) is 0 Å². The molecule has 0 fully saturated rings. The van der Waals surface area contributed by atoms with Gasteiger partial charge in [0.05, 0.1) is 4.47 Å². The molecule has 88 valence electrons. The molecule has 4 nitrogen and oxygen atoms in total. The van der Waals surface area contributed by atoms with Crippen LogP contribution in [0.4, 0.5) is 4.39 Å². The highest BCUT2D eigenvalue weighted by Crippen LogP contribution is 2.33. The molecule has 0 saturated carbocycles. The fourth-order valence-electron chi connectivity index (χ4n) is 1.44. The SMILES string of the molecule is Cc1ccc(F)c(Br)c1-c1cc(C(=O)O)no1. The minimum atomic E-state index is -1.19. The largest absolute Gasteiger partial charge is 0.476 e. The maximum absolute atomic E-state index is 13.4. The second kappa shape index (κ2) is 4.29. The van der Waals surface area contributed by atoms with Gasteiger partial charge in [-0.1, -0.05) is 11.2 Å². The number of aromatic carboxylic acids is 1. The van der Waals surface area contributed by atoms with E-state index in [0.29, 0.717) is 5.56 Å². The average Bonchev–Trinajstić information content (AvgIpc) is 2.73. The van der Waals surface area contributed by atoms with E-state index in [1.165, 1.54) is 12.1 Å². The molecular weight excluding hydrogens is 293 g/mol. The van der Waals surface area contributed by atoms with Crippen molar-refractivity contribution in [3.63, 3.8) is 0 Å². The number of carboxylic acid groups (broad SMARTS) is 1. The molecule has 0 unspecified atom stereocenters. The topological polar surface area (TPSA) is 63.3 Å². The molecule has 1 heterocycles. The van der Waals surface area contributed by atoms with Crippen LogP contribution < -0.4 is 0 Å². The molecule has 0 radical (unpaired) electrons. The van der Waals surface area contributed by atoms with E-state index in [1.807, 2.05) is 0 Å². The first-order valence-corrected chi connectivity index (χ1v) is 5.45. The number of halogens is 2. The van der Waals surface area contributed by atoms with E-state index < -0.39 is 11.8 Å². The number of carboxylic acids is 1. The number of nitrogens with zero attached hydrogens (tertiary/aromatic N) is 1. The van der Waals surface area contributed by atoms with Gasteiger partial charge >= 0.3 is 5.97 Å². The Balaban J connectivity index is 2.60. The molecule has 1 aromatic carbocycles. The summed E-state index contributed by atoms with van der Waals surface area (Å²) in [6.07, 6.45) is 0. The summed E-state index contributed by atoms with van der Waals surface area (Å²) in [7, 11) is 0. The zero-order chi connectivity index (χ0) is 12.6. The molecule has 2 aromatic rings. The van der Waals surface area contributed by atoms with Crippen LogP contribution in [0.1, 0.15) is 16.1 Å². The molecule has 0 spiro atoms. The number of hydrogen-bond donors (Lipinski definition) is 1. The molecule has 0 bridgehead atoms. The van der Waals surface area contributed by atoms with Gasteiger partial charge in [0.1, 0.15) is 5.82 Å². The summed E-state index contributed by atoms with van der Waals surface area (Å²) in [4.78, 5) is 10.7. The minimum absolute atomic E-state index is 0.212. The highest BCUT2D eigenvalue weighted by molar-refractivity contribution is 9.10. The van der Waals surface area contributed by atoms with Gasteiger partial charge in [0.15, 0.2) is 11.5 Å². The zero-order valence-electron chi connectivity index (χ0n) is 8.70. The number of aromatic nitrogens is 1. The molecule has 1 N–H and O–H groups in total. The van der Waals surface area contributed by atoms with E-state index in [0.717, 1.165) is 5.56 Å². The molecule has 2 rings (SSSR count). The van der Waals surface area contributed by atoms with Crippen LogP contribution in [0.2, 0.25) is 0 Å². The van der Waals surface area contributed by atoms with E-state index >= 15 is 0 Å². The summed E-state index contributed by atoms with van der Waals surface area (Å²) in [5.41, 5.74) is 1.01. The molecule has 1 aromatic heterocycles. The molecule has 0 atom stereocenters. The Morgan fingerprint density at radius 2 is 2.24 bits per heavy atom. The van der Waals surface area contributed by atoms with Crippen LogP contribution in [-0.4, -0.2) is 16.2 Å². The van der Waals surface area contributed by atoms with Crippen LogP contribution in [0.3, 0.4) is 0 Å². The Morgan fingerprint density at radius 1 is 1.53 bits per heavy atom. The van der Waals surface area contributed by atoms with Gasteiger partial charge in [-0.3, -0.25) is 0 Å². The van der Waals surface area contributed by atoms with Gasteiger partial charge < -0.3 is 9.63 Å². The fourth-order valence-corrected chi connectivity index (χ4v) is 2.08. The lowest BCUT2D eigenvalue weighted by molar-refractivity contribution is 0.0686. The minimum Gasteiger partial charge on any atom is -0.476 e. The van der Waals surface area contributed by atoms with E-state index in [2.05, 4.69) is 21.1 Å². The Hall–Kier alpha value is -1.69. The van der Waals surface area contributed by atoms with Gasteiger partial charge in [0, 0.05) is 11.6 Å². The van der Waals surface area contributed by atoms with Crippen LogP contribution in [-0.2, 0) is 0 Å². The number of benzene rings is 1. The van der Waals surface area contributed by atoms with E-state index in [-0.39, 0.29) is 15.9 Å². The lowest BCUT2D eigenvalue weighted by Gasteiger charge is -2.05. The quantitative estimate of drug-likeness (QED) is 0.924. The van der Waals surface area contributed by atoms with E-state index in [4.69, 9.17) is 9.63 Å². The molecule has 0 aliphatic rings. The summed E-state index contributed by atoms with van der Waals surface area (Å²) in [6, 6.07) is 4.16. The number of aryl methyl sites for hydroxylation is 1. The second-order valence-electron chi connectivity index (χ2n) is 3.43. The number of hydrogen-bond acceptors (Lipinski definition) is 3. The Bertz CT molecular complexity index is 594. The van der Waals surface area contributed by atoms with Gasteiger partial charge in [-0.15, -0.1) is 0 Å². The zero-order valence-corrected chi connectivity index (χ0v) is 10.3. The molecule has 17 heavy (non-hydrogen) atoms. The third-order valence-electron chi connectivity index (χ3n) is 2.28. The predicted octanol–water partition coefficient (Wildman–Crippen LogP) is 3.25. The number of rotatable bonds is 2. The molecule has 0 aliphatic carbocycles. The lowest BCUT2D eigenvalue weighted by Crippen LogP contribution is -1.94. The second-order valence-corrected chi connectivity index (χ2v) is 4.23. The van der Waals surface area contributed by atoms with Gasteiger partial charge in [-0.05, 0) is 34.5 Å². The van der Waals surface area contributed by atoms with Crippen LogP contribution in [0.15, 0.2) is 27.2 Å². The van der Waals surface area contributed by atoms with E-state index in [9.17, 15) is 9.18 Å². The van der Waals surface area contributed by atoms with Crippen molar-refractivity contribution in [3.8, 4) is 11.3 Å². The Kier molecular flexibility index (Phi) is 2.97. The van der Waals surface area contributed by atoms with Crippen molar-refractivity contribution in [3.05, 3.63) is 39.7 Å². The van der Waals surface area contributed by atoms with Crippen molar-refractivity contribution in [1.82, 2.24) is 5.16 Å². The first-order chi connectivity index (χ1) is 8.00. The van der Waals surface area contributed by atoms with Gasteiger partial charge in [0.2, 0.25) is 0 Å². The monoisotopic (exact) mass is 299 g/mol. The summed E-state index contributed by atoms with van der Waals surface area (Å²) in [5.74, 6) is -1.42. The van der Waals surface area contributed by atoms with Crippen LogP contribution in [0.5, 0.6) is 0 Å². The van der Waals surface area contributed by atoms with E-state index in [1.54, 1.807) is 13.0 Å². The summed E-state index contributed by atoms with van der Waals surface area (Å²) in [5, 5.41) is 12.1.